The summed E-state index contributed by atoms with van der Waals surface area (Å²) in [5, 5.41) is 1.23. The van der Waals surface area contributed by atoms with Gasteiger partial charge in [-0.15, -0.1) is 11.6 Å². The molecule has 7 heteroatoms. The Balaban J connectivity index is 1.55. The molecule has 1 saturated heterocycles. The van der Waals surface area contributed by atoms with Gasteiger partial charge in [0.1, 0.15) is 11.7 Å². The first-order valence-corrected chi connectivity index (χ1v) is 10.5. The van der Waals surface area contributed by atoms with Crippen molar-refractivity contribution in [3.63, 3.8) is 0 Å². The molecule has 1 N–H and O–H groups in total. The number of para-hydroxylation sites is 1. The smallest absolute Gasteiger partial charge is 0.238 e. The number of pyridine rings is 1. The summed E-state index contributed by atoms with van der Waals surface area (Å²) in [5.41, 5.74) is 4.44. The Hall–Kier alpha value is -2.57. The highest BCUT2D eigenvalue weighted by atomic mass is 35.5. The maximum atomic E-state index is 12.6. The van der Waals surface area contributed by atoms with Gasteiger partial charge in [0.25, 0.3) is 0 Å². The zero-order valence-electron chi connectivity index (χ0n) is 16.1. The third-order valence-electron chi connectivity index (χ3n) is 5.89. The molecule has 2 aromatic heterocycles. The molecular formula is C22H23ClN4O2. The van der Waals surface area contributed by atoms with E-state index in [1.54, 1.807) is 0 Å². The maximum absolute atomic E-state index is 12.6. The summed E-state index contributed by atoms with van der Waals surface area (Å²) >= 11 is 5.94. The van der Waals surface area contributed by atoms with E-state index in [2.05, 4.69) is 34.1 Å². The second-order valence-electron chi connectivity index (χ2n) is 7.49. The number of nitrogens with one attached hydrogen (secondary N) is 1. The molecule has 1 fully saturated rings. The number of morpholine rings is 1. The molecule has 5 rings (SSSR count). The predicted octanol–water partition coefficient (Wildman–Crippen LogP) is 3.11. The second kappa shape index (κ2) is 7.69. The number of benzene rings is 1. The largest absolute Gasteiger partial charge is 0.378 e. The zero-order chi connectivity index (χ0) is 19.8. The van der Waals surface area contributed by atoms with Crippen LogP contribution in [0.25, 0.3) is 10.9 Å². The van der Waals surface area contributed by atoms with Gasteiger partial charge in [0.05, 0.1) is 19.3 Å². The Bertz CT molecular complexity index is 1030. The highest BCUT2D eigenvalue weighted by Gasteiger charge is 2.34. The zero-order valence-corrected chi connectivity index (χ0v) is 16.9. The molecule has 2 aliphatic heterocycles. The first-order chi connectivity index (χ1) is 14.3. The lowest BCUT2D eigenvalue weighted by molar-refractivity contribution is -0.130. The molecule has 4 heterocycles. The molecule has 1 amide bonds. The van der Waals surface area contributed by atoms with E-state index in [1.807, 2.05) is 23.2 Å². The van der Waals surface area contributed by atoms with E-state index < -0.39 is 0 Å². The number of hydrogen-bond acceptors (Lipinski definition) is 4. The van der Waals surface area contributed by atoms with Crippen molar-refractivity contribution >= 4 is 34.2 Å². The molecule has 0 radical (unpaired) electrons. The molecule has 6 nitrogen and oxygen atoms in total. The predicted molar refractivity (Wildman–Crippen MR) is 114 cm³/mol. The van der Waals surface area contributed by atoms with Crippen molar-refractivity contribution in [3.05, 3.63) is 59.4 Å². The molecular weight excluding hydrogens is 388 g/mol. The number of nitrogens with zero attached hydrogens (tertiary/aromatic N) is 3. The van der Waals surface area contributed by atoms with Crippen LogP contribution in [0.4, 0.5) is 5.82 Å². The first-order valence-electron chi connectivity index (χ1n) is 10.00. The van der Waals surface area contributed by atoms with E-state index in [1.165, 1.54) is 10.9 Å². The summed E-state index contributed by atoms with van der Waals surface area (Å²) in [6.45, 7) is 3.79. The standard InChI is InChI=1S/C22H23ClN4O2/c23-13-20(28)27-8-7-17-16-3-1-2-4-18(16)25-21(17)22(27)15-5-6-19(24-14-15)26-9-11-29-12-10-26/h1-6,14,22,25H,7-13H2. The molecule has 1 unspecified atom stereocenters. The van der Waals surface area contributed by atoms with Crippen LogP contribution < -0.4 is 4.90 Å². The number of carbonyl (C=O) groups excluding carboxylic acids is 1. The van der Waals surface area contributed by atoms with E-state index in [9.17, 15) is 4.79 Å². The Morgan fingerprint density at radius 1 is 1.17 bits per heavy atom. The molecule has 0 spiro atoms. The monoisotopic (exact) mass is 410 g/mol. The average molecular weight is 411 g/mol. The van der Waals surface area contributed by atoms with Gasteiger partial charge in [-0.1, -0.05) is 24.3 Å². The fraction of sp³-hybridized carbons (Fsp3) is 0.364. The highest BCUT2D eigenvalue weighted by molar-refractivity contribution is 6.27. The number of aromatic amines is 1. The van der Waals surface area contributed by atoms with Crippen molar-refractivity contribution in [1.82, 2.24) is 14.9 Å². The third kappa shape index (κ3) is 3.26. The van der Waals surface area contributed by atoms with Crippen LogP contribution in [-0.4, -0.2) is 59.5 Å². The number of rotatable bonds is 3. The van der Waals surface area contributed by atoms with Crippen LogP contribution in [0.15, 0.2) is 42.6 Å². The lowest BCUT2D eigenvalue weighted by Crippen LogP contribution is -2.41. The minimum atomic E-state index is -0.205. The van der Waals surface area contributed by atoms with Crippen LogP contribution >= 0.6 is 11.6 Å². The average Bonchev–Trinajstić information content (AvgIpc) is 3.17. The Kier molecular flexibility index (Phi) is 4.89. The van der Waals surface area contributed by atoms with Crippen molar-refractivity contribution in [2.45, 2.75) is 12.5 Å². The molecule has 0 saturated carbocycles. The minimum Gasteiger partial charge on any atom is -0.378 e. The Labute approximate surface area is 174 Å². The maximum Gasteiger partial charge on any atom is 0.238 e. The first kappa shape index (κ1) is 18.5. The minimum absolute atomic E-state index is 0.0225. The van der Waals surface area contributed by atoms with Gasteiger partial charge in [-0.2, -0.15) is 0 Å². The molecule has 0 aliphatic carbocycles. The van der Waals surface area contributed by atoms with Crippen molar-refractivity contribution in [2.75, 3.05) is 43.6 Å². The van der Waals surface area contributed by atoms with Crippen molar-refractivity contribution in [2.24, 2.45) is 0 Å². The van der Waals surface area contributed by atoms with Crippen LogP contribution in [0.2, 0.25) is 0 Å². The molecule has 29 heavy (non-hydrogen) atoms. The summed E-state index contributed by atoms with van der Waals surface area (Å²) in [7, 11) is 0. The van der Waals surface area contributed by atoms with Gasteiger partial charge in [-0.3, -0.25) is 4.79 Å². The number of carbonyl (C=O) groups is 1. The number of H-pyrrole nitrogens is 1. The number of halogens is 1. The van der Waals surface area contributed by atoms with Gasteiger partial charge >= 0.3 is 0 Å². The van der Waals surface area contributed by atoms with E-state index in [0.717, 1.165) is 55.3 Å². The highest BCUT2D eigenvalue weighted by Crippen LogP contribution is 2.38. The number of anilines is 1. The second-order valence-corrected chi connectivity index (χ2v) is 7.75. The van der Waals surface area contributed by atoms with Gasteiger partial charge in [-0.25, -0.2) is 4.98 Å². The molecule has 2 aliphatic rings. The molecule has 1 atom stereocenters. The van der Waals surface area contributed by atoms with Crippen LogP contribution in [0.3, 0.4) is 0 Å². The van der Waals surface area contributed by atoms with Crippen LogP contribution in [0, 0.1) is 0 Å². The number of hydrogen-bond donors (Lipinski definition) is 1. The number of ether oxygens (including phenoxy) is 1. The van der Waals surface area contributed by atoms with Gasteiger partial charge < -0.3 is 19.5 Å². The number of fused-ring (bicyclic) bond motifs is 3. The molecule has 150 valence electrons. The summed E-state index contributed by atoms with van der Waals surface area (Å²) in [4.78, 5) is 25.0. The van der Waals surface area contributed by atoms with E-state index in [0.29, 0.717) is 6.54 Å². The van der Waals surface area contributed by atoms with Crippen molar-refractivity contribution in [1.29, 1.82) is 0 Å². The van der Waals surface area contributed by atoms with Crippen molar-refractivity contribution in [3.8, 4) is 0 Å². The van der Waals surface area contributed by atoms with Gasteiger partial charge in [-0.05, 0) is 29.7 Å². The summed E-state index contributed by atoms with van der Waals surface area (Å²) in [6.07, 6.45) is 2.71. The number of alkyl halides is 1. The van der Waals surface area contributed by atoms with E-state index >= 15 is 0 Å². The summed E-state index contributed by atoms with van der Waals surface area (Å²) in [5.74, 6) is 0.865. The van der Waals surface area contributed by atoms with Gasteiger partial charge in [0.2, 0.25) is 5.91 Å². The lowest BCUT2D eigenvalue weighted by atomic mass is 9.93. The fourth-order valence-corrected chi connectivity index (χ4v) is 4.63. The van der Waals surface area contributed by atoms with Crippen LogP contribution in [0.5, 0.6) is 0 Å². The third-order valence-corrected chi connectivity index (χ3v) is 6.12. The summed E-state index contributed by atoms with van der Waals surface area (Å²) in [6, 6.07) is 12.2. The normalized spacial score (nSPS) is 19.4. The van der Waals surface area contributed by atoms with Gasteiger partial charge in [0.15, 0.2) is 0 Å². The quantitative estimate of drug-likeness (QED) is 0.674. The summed E-state index contributed by atoms with van der Waals surface area (Å²) < 4.78 is 5.43. The Morgan fingerprint density at radius 3 is 2.76 bits per heavy atom. The van der Waals surface area contributed by atoms with Crippen LogP contribution in [0.1, 0.15) is 22.9 Å². The molecule has 3 aromatic rings. The molecule has 0 bridgehead atoms. The van der Waals surface area contributed by atoms with E-state index in [-0.39, 0.29) is 17.8 Å². The van der Waals surface area contributed by atoms with Gasteiger partial charge in [0, 0.05) is 42.4 Å². The van der Waals surface area contributed by atoms with Crippen LogP contribution in [-0.2, 0) is 16.0 Å². The fourth-order valence-electron chi connectivity index (χ4n) is 4.47. The lowest BCUT2D eigenvalue weighted by Gasteiger charge is -2.36. The Morgan fingerprint density at radius 2 is 2.00 bits per heavy atom. The number of amides is 1. The topological polar surface area (TPSA) is 61.5 Å². The molecule has 1 aromatic carbocycles. The van der Waals surface area contributed by atoms with E-state index in [4.69, 9.17) is 21.3 Å². The van der Waals surface area contributed by atoms with Crippen molar-refractivity contribution < 1.29 is 9.53 Å². The number of aromatic nitrogens is 2. The SMILES string of the molecule is O=C(CCl)N1CCc2c([nH]c3ccccc23)C1c1ccc(N2CCOCC2)nc1.